The molecule has 0 saturated heterocycles. The van der Waals surface area contributed by atoms with Gasteiger partial charge >= 0.3 is 0 Å². The summed E-state index contributed by atoms with van der Waals surface area (Å²) in [4.78, 5) is 0. The number of hydrogen-bond donors (Lipinski definition) is 1. The van der Waals surface area contributed by atoms with Crippen LogP contribution in [-0.4, -0.2) is 15.1 Å². The monoisotopic (exact) mass is 157 g/mol. The Morgan fingerprint density at radius 3 is 2.40 bits per heavy atom. The minimum atomic E-state index is -0.772. The fraction of sp³-hybridized carbons (Fsp3) is 0.429. The first-order valence-corrected chi connectivity index (χ1v) is 3.96. The summed E-state index contributed by atoms with van der Waals surface area (Å²) in [6, 6.07) is 0. The molecule has 0 unspecified atom stereocenters. The Morgan fingerprint density at radius 2 is 2.10 bits per heavy atom. The second kappa shape index (κ2) is 2.68. The normalized spacial score (nSPS) is 18.1. The average molecular weight is 157 g/mol. The van der Waals surface area contributed by atoms with E-state index in [0.717, 1.165) is 0 Å². The van der Waals surface area contributed by atoms with E-state index in [1.165, 1.54) is 11.9 Å². The predicted octanol–water partition coefficient (Wildman–Crippen LogP) is 1.71. The number of aliphatic hydroxyl groups is 1. The zero-order valence-corrected chi connectivity index (χ0v) is 6.93. The van der Waals surface area contributed by atoms with Gasteiger partial charge in [0.05, 0.1) is 0 Å². The third-order valence-corrected chi connectivity index (χ3v) is 2.20. The molecule has 2 nitrogen and oxygen atoms in total. The molecule has 0 amide bonds. The molecule has 0 bridgehead atoms. The molecule has 1 heterocycles. The second-order valence-corrected chi connectivity index (χ2v) is 3.47. The number of allylic oxidation sites excluding steroid dienone is 2. The van der Waals surface area contributed by atoms with Gasteiger partial charge in [0.2, 0.25) is 0 Å². The molecule has 0 aromatic carbocycles. The van der Waals surface area contributed by atoms with Crippen molar-refractivity contribution in [3.8, 4) is 0 Å². The van der Waals surface area contributed by atoms with E-state index in [2.05, 4.69) is 0 Å². The van der Waals surface area contributed by atoms with Crippen LogP contribution in [0.4, 0.5) is 0 Å². The van der Waals surface area contributed by atoms with Crippen LogP contribution in [0, 0.1) is 0 Å². The van der Waals surface area contributed by atoms with Gasteiger partial charge in [-0.3, -0.25) is 4.31 Å². The SMILES string of the molecule is CC(C)(O)N1C=CC=CS1. The van der Waals surface area contributed by atoms with Crippen LogP contribution in [0.15, 0.2) is 23.8 Å². The van der Waals surface area contributed by atoms with E-state index in [0.29, 0.717) is 0 Å². The molecule has 0 saturated carbocycles. The third-order valence-electron chi connectivity index (χ3n) is 1.12. The fourth-order valence-corrected chi connectivity index (χ4v) is 1.31. The highest BCUT2D eigenvalue weighted by Crippen LogP contribution is 2.24. The van der Waals surface area contributed by atoms with Crippen molar-refractivity contribution < 1.29 is 5.11 Å². The van der Waals surface area contributed by atoms with Crippen molar-refractivity contribution in [2.75, 3.05) is 0 Å². The zero-order valence-electron chi connectivity index (χ0n) is 6.11. The van der Waals surface area contributed by atoms with E-state index in [4.69, 9.17) is 0 Å². The van der Waals surface area contributed by atoms with Gasteiger partial charge in [0.15, 0.2) is 0 Å². The second-order valence-electron chi connectivity index (χ2n) is 2.60. The lowest BCUT2D eigenvalue weighted by molar-refractivity contribution is 0.00299. The molecule has 3 heteroatoms. The molecule has 0 spiro atoms. The van der Waals surface area contributed by atoms with Gasteiger partial charge in [-0.15, -0.1) is 0 Å². The van der Waals surface area contributed by atoms with Crippen LogP contribution in [-0.2, 0) is 0 Å². The smallest absolute Gasteiger partial charge is 0.141 e. The van der Waals surface area contributed by atoms with E-state index in [9.17, 15) is 5.11 Å². The highest BCUT2D eigenvalue weighted by Gasteiger charge is 2.20. The largest absolute Gasteiger partial charge is 0.371 e. The van der Waals surface area contributed by atoms with E-state index in [1.54, 1.807) is 18.2 Å². The van der Waals surface area contributed by atoms with Crippen molar-refractivity contribution in [1.29, 1.82) is 0 Å². The maximum Gasteiger partial charge on any atom is 0.141 e. The lowest BCUT2D eigenvalue weighted by atomic mass is 10.3. The fourth-order valence-electron chi connectivity index (χ4n) is 0.620. The number of rotatable bonds is 1. The number of nitrogens with zero attached hydrogens (tertiary/aromatic N) is 1. The van der Waals surface area contributed by atoms with Crippen LogP contribution >= 0.6 is 11.9 Å². The lowest BCUT2D eigenvalue weighted by Crippen LogP contribution is -2.34. The van der Waals surface area contributed by atoms with Gasteiger partial charge in [0.25, 0.3) is 0 Å². The molecular formula is C7H11NOS. The van der Waals surface area contributed by atoms with Crippen LogP contribution in [0.3, 0.4) is 0 Å². The first kappa shape index (κ1) is 7.69. The van der Waals surface area contributed by atoms with Crippen LogP contribution < -0.4 is 0 Å². The van der Waals surface area contributed by atoms with Crippen molar-refractivity contribution in [1.82, 2.24) is 4.31 Å². The third kappa shape index (κ3) is 1.78. The Labute approximate surface area is 65.4 Å². The Morgan fingerprint density at radius 1 is 1.40 bits per heavy atom. The first-order chi connectivity index (χ1) is 4.61. The Bertz CT molecular complexity index is 169. The maximum absolute atomic E-state index is 9.46. The minimum Gasteiger partial charge on any atom is -0.371 e. The summed E-state index contributed by atoms with van der Waals surface area (Å²) in [6.45, 7) is 3.51. The predicted molar refractivity (Wildman–Crippen MR) is 44.0 cm³/mol. The topological polar surface area (TPSA) is 23.5 Å². The van der Waals surface area contributed by atoms with E-state index >= 15 is 0 Å². The minimum absolute atomic E-state index is 0.772. The Hall–Kier alpha value is -0.410. The molecule has 0 aliphatic carbocycles. The van der Waals surface area contributed by atoms with Crippen LogP contribution in [0.2, 0.25) is 0 Å². The summed E-state index contributed by atoms with van der Waals surface area (Å²) >= 11 is 1.49. The van der Waals surface area contributed by atoms with Crippen molar-refractivity contribution >= 4 is 11.9 Å². The van der Waals surface area contributed by atoms with E-state index in [1.807, 2.05) is 23.8 Å². The molecule has 0 radical (unpaired) electrons. The molecule has 10 heavy (non-hydrogen) atoms. The number of hydrogen-bond acceptors (Lipinski definition) is 3. The van der Waals surface area contributed by atoms with Crippen LogP contribution in [0.25, 0.3) is 0 Å². The van der Waals surface area contributed by atoms with Gasteiger partial charge in [-0.05, 0) is 37.3 Å². The van der Waals surface area contributed by atoms with Gasteiger partial charge in [-0.2, -0.15) is 0 Å². The molecule has 1 rings (SSSR count). The average Bonchev–Trinajstić information content (AvgIpc) is 1.88. The molecule has 0 atom stereocenters. The highest BCUT2D eigenvalue weighted by atomic mass is 32.2. The van der Waals surface area contributed by atoms with Crippen LogP contribution in [0.5, 0.6) is 0 Å². The summed E-state index contributed by atoms with van der Waals surface area (Å²) in [5, 5.41) is 11.4. The lowest BCUT2D eigenvalue weighted by Gasteiger charge is -2.31. The summed E-state index contributed by atoms with van der Waals surface area (Å²) in [6.07, 6.45) is 5.69. The van der Waals surface area contributed by atoms with E-state index < -0.39 is 5.72 Å². The Kier molecular flexibility index (Phi) is 2.06. The summed E-state index contributed by atoms with van der Waals surface area (Å²) < 4.78 is 1.78. The van der Waals surface area contributed by atoms with Crippen molar-refractivity contribution in [3.63, 3.8) is 0 Å². The van der Waals surface area contributed by atoms with Crippen molar-refractivity contribution in [2.24, 2.45) is 0 Å². The van der Waals surface area contributed by atoms with Crippen molar-refractivity contribution in [3.05, 3.63) is 23.8 Å². The standard InChI is InChI=1S/C7H11NOS/c1-7(2,9)8-5-3-4-6-10-8/h3-6,9H,1-2H3. The van der Waals surface area contributed by atoms with Crippen LogP contribution in [0.1, 0.15) is 13.8 Å². The molecule has 0 fully saturated rings. The highest BCUT2D eigenvalue weighted by molar-refractivity contribution is 8.00. The van der Waals surface area contributed by atoms with Gasteiger partial charge in [-0.25, -0.2) is 0 Å². The van der Waals surface area contributed by atoms with Gasteiger partial charge in [0, 0.05) is 6.20 Å². The Balaban J connectivity index is 2.60. The molecule has 0 aromatic rings. The van der Waals surface area contributed by atoms with Gasteiger partial charge in [-0.1, -0.05) is 6.08 Å². The molecule has 1 aliphatic rings. The molecule has 56 valence electrons. The zero-order chi connectivity index (χ0) is 7.61. The van der Waals surface area contributed by atoms with Crippen molar-refractivity contribution in [2.45, 2.75) is 19.6 Å². The molecule has 1 N–H and O–H groups in total. The first-order valence-electron chi connectivity index (χ1n) is 3.12. The van der Waals surface area contributed by atoms with Gasteiger partial charge in [0.1, 0.15) is 5.72 Å². The van der Waals surface area contributed by atoms with Gasteiger partial charge < -0.3 is 5.11 Å². The summed E-state index contributed by atoms with van der Waals surface area (Å²) in [5.41, 5.74) is -0.772. The molecular weight excluding hydrogens is 146 g/mol. The quantitative estimate of drug-likeness (QED) is 0.586. The molecule has 1 aliphatic heterocycles. The van der Waals surface area contributed by atoms with E-state index in [-0.39, 0.29) is 0 Å². The summed E-state index contributed by atoms with van der Waals surface area (Å²) in [7, 11) is 0. The maximum atomic E-state index is 9.46. The molecule has 0 aromatic heterocycles. The summed E-state index contributed by atoms with van der Waals surface area (Å²) in [5.74, 6) is 0.